The summed E-state index contributed by atoms with van der Waals surface area (Å²) in [7, 11) is 0. The van der Waals surface area contributed by atoms with Gasteiger partial charge >= 0.3 is 0 Å². The molecule has 0 unspecified atom stereocenters. The lowest BCUT2D eigenvalue weighted by molar-refractivity contribution is 1.06. The molecular formula is C13H12ClN5. The second kappa shape index (κ2) is 4.85. The molecule has 0 bridgehead atoms. The van der Waals surface area contributed by atoms with E-state index in [0.29, 0.717) is 17.9 Å². The number of benzene rings is 1. The van der Waals surface area contributed by atoms with E-state index in [-0.39, 0.29) is 5.28 Å². The summed E-state index contributed by atoms with van der Waals surface area (Å²) in [6.07, 6.45) is 0. The molecule has 96 valence electrons. The van der Waals surface area contributed by atoms with E-state index in [2.05, 4.69) is 25.5 Å². The molecule has 0 saturated carbocycles. The smallest absolute Gasteiger partial charge is 0.225 e. The van der Waals surface area contributed by atoms with E-state index < -0.39 is 0 Å². The fourth-order valence-electron chi connectivity index (χ4n) is 1.89. The molecule has 19 heavy (non-hydrogen) atoms. The summed E-state index contributed by atoms with van der Waals surface area (Å²) in [5.74, 6) is 0.642. The van der Waals surface area contributed by atoms with Crippen LogP contribution in [0.4, 0.5) is 5.82 Å². The minimum atomic E-state index is 0.215. The summed E-state index contributed by atoms with van der Waals surface area (Å²) >= 11 is 5.93. The topological polar surface area (TPSA) is 66.5 Å². The zero-order valence-corrected chi connectivity index (χ0v) is 11.1. The first-order chi connectivity index (χ1) is 9.24. The first-order valence-corrected chi connectivity index (χ1v) is 6.28. The molecule has 0 aliphatic carbocycles. The van der Waals surface area contributed by atoms with Crippen molar-refractivity contribution in [2.75, 3.05) is 5.32 Å². The van der Waals surface area contributed by atoms with Gasteiger partial charge in [-0.1, -0.05) is 30.3 Å². The van der Waals surface area contributed by atoms with Gasteiger partial charge in [0.25, 0.3) is 0 Å². The highest BCUT2D eigenvalue weighted by atomic mass is 35.5. The van der Waals surface area contributed by atoms with Crippen molar-refractivity contribution < 1.29 is 0 Å². The van der Waals surface area contributed by atoms with Crippen molar-refractivity contribution in [1.82, 2.24) is 20.2 Å². The third-order valence-electron chi connectivity index (χ3n) is 2.85. The van der Waals surface area contributed by atoms with Crippen LogP contribution >= 0.6 is 11.6 Å². The minimum Gasteiger partial charge on any atom is -0.364 e. The fraction of sp³-hybridized carbons (Fsp3) is 0.154. The van der Waals surface area contributed by atoms with Gasteiger partial charge in [-0.2, -0.15) is 10.1 Å². The normalized spacial score (nSPS) is 10.8. The molecule has 1 aromatic carbocycles. The maximum absolute atomic E-state index is 5.93. The van der Waals surface area contributed by atoms with Crippen LogP contribution in [0.5, 0.6) is 0 Å². The number of fused-ring (bicyclic) bond motifs is 1. The first-order valence-electron chi connectivity index (χ1n) is 5.90. The number of halogens is 1. The molecule has 0 saturated heterocycles. The molecule has 6 heteroatoms. The zero-order valence-electron chi connectivity index (χ0n) is 10.3. The van der Waals surface area contributed by atoms with E-state index in [1.54, 1.807) is 0 Å². The summed E-state index contributed by atoms with van der Waals surface area (Å²) in [6.45, 7) is 2.56. The predicted octanol–water partition coefficient (Wildman–Crippen LogP) is 2.93. The molecule has 2 heterocycles. The van der Waals surface area contributed by atoms with Crippen molar-refractivity contribution in [3.8, 4) is 0 Å². The van der Waals surface area contributed by atoms with Crippen LogP contribution in [0.15, 0.2) is 30.3 Å². The lowest BCUT2D eigenvalue weighted by atomic mass is 10.2. The second-order valence-electron chi connectivity index (χ2n) is 4.23. The Morgan fingerprint density at radius 3 is 2.74 bits per heavy atom. The highest BCUT2D eigenvalue weighted by Crippen LogP contribution is 2.22. The quantitative estimate of drug-likeness (QED) is 0.720. The number of aryl methyl sites for hydroxylation is 1. The third kappa shape index (κ3) is 2.37. The van der Waals surface area contributed by atoms with Crippen molar-refractivity contribution >= 4 is 28.5 Å². The third-order valence-corrected chi connectivity index (χ3v) is 3.02. The second-order valence-corrected chi connectivity index (χ2v) is 4.56. The molecule has 0 fully saturated rings. The molecule has 0 aliphatic heterocycles. The summed E-state index contributed by atoms with van der Waals surface area (Å²) < 4.78 is 0. The van der Waals surface area contributed by atoms with Crippen LogP contribution in [-0.4, -0.2) is 20.2 Å². The Balaban J connectivity index is 1.92. The van der Waals surface area contributed by atoms with Crippen molar-refractivity contribution in [3.05, 3.63) is 46.9 Å². The van der Waals surface area contributed by atoms with Crippen molar-refractivity contribution in [2.24, 2.45) is 0 Å². The summed E-state index contributed by atoms with van der Waals surface area (Å²) in [4.78, 5) is 8.36. The predicted molar refractivity (Wildman–Crippen MR) is 75.2 cm³/mol. The summed E-state index contributed by atoms with van der Waals surface area (Å²) in [5.41, 5.74) is 3.49. The number of H-pyrrole nitrogens is 1. The van der Waals surface area contributed by atoms with Crippen molar-refractivity contribution in [1.29, 1.82) is 0 Å². The number of hydrogen-bond acceptors (Lipinski definition) is 4. The lowest BCUT2D eigenvalue weighted by Crippen LogP contribution is -2.03. The number of nitrogens with one attached hydrogen (secondary N) is 2. The van der Waals surface area contributed by atoms with Gasteiger partial charge < -0.3 is 5.32 Å². The van der Waals surface area contributed by atoms with Gasteiger partial charge in [0.15, 0.2) is 11.3 Å². The number of nitrogens with zero attached hydrogens (tertiary/aromatic N) is 3. The number of anilines is 1. The SMILES string of the molecule is Cc1[nH]nc2c(NCc3ccccc3)nc(Cl)nc12. The van der Waals surface area contributed by atoms with Gasteiger partial charge in [-0.15, -0.1) is 0 Å². The summed E-state index contributed by atoms with van der Waals surface area (Å²) in [6, 6.07) is 10.1. The Bertz CT molecular complexity index is 708. The van der Waals surface area contributed by atoms with Gasteiger partial charge in [0.1, 0.15) is 5.52 Å². The van der Waals surface area contributed by atoms with E-state index in [4.69, 9.17) is 11.6 Å². The Morgan fingerprint density at radius 2 is 1.95 bits per heavy atom. The average Bonchev–Trinajstić information content (AvgIpc) is 2.79. The van der Waals surface area contributed by atoms with Crippen LogP contribution in [0.2, 0.25) is 5.28 Å². The molecule has 0 amide bonds. The number of rotatable bonds is 3. The molecule has 2 N–H and O–H groups in total. The molecule has 0 radical (unpaired) electrons. The Labute approximate surface area is 115 Å². The van der Waals surface area contributed by atoms with Gasteiger partial charge in [0, 0.05) is 6.54 Å². The first kappa shape index (κ1) is 11.9. The lowest BCUT2D eigenvalue weighted by Gasteiger charge is -2.06. The molecular weight excluding hydrogens is 262 g/mol. The largest absolute Gasteiger partial charge is 0.364 e. The van der Waals surface area contributed by atoms with Gasteiger partial charge in [-0.05, 0) is 24.1 Å². The van der Waals surface area contributed by atoms with Gasteiger partial charge in [-0.25, -0.2) is 4.98 Å². The number of aromatic nitrogens is 4. The maximum atomic E-state index is 5.93. The zero-order chi connectivity index (χ0) is 13.2. The Morgan fingerprint density at radius 1 is 1.16 bits per heavy atom. The van der Waals surface area contributed by atoms with Crippen LogP contribution in [0, 0.1) is 6.92 Å². The van der Waals surface area contributed by atoms with E-state index in [9.17, 15) is 0 Å². The minimum absolute atomic E-state index is 0.215. The number of aromatic amines is 1. The van der Waals surface area contributed by atoms with E-state index in [1.807, 2.05) is 37.3 Å². The molecule has 3 aromatic rings. The number of hydrogen-bond donors (Lipinski definition) is 2. The molecule has 5 nitrogen and oxygen atoms in total. The van der Waals surface area contributed by atoms with Crippen molar-refractivity contribution in [2.45, 2.75) is 13.5 Å². The summed E-state index contributed by atoms with van der Waals surface area (Å²) in [5, 5.41) is 10.5. The van der Waals surface area contributed by atoms with Gasteiger partial charge in [0.2, 0.25) is 5.28 Å². The van der Waals surface area contributed by atoms with Crippen LogP contribution in [0.3, 0.4) is 0 Å². The van der Waals surface area contributed by atoms with Crippen LogP contribution in [0.25, 0.3) is 11.0 Å². The van der Waals surface area contributed by atoms with Crippen LogP contribution in [0.1, 0.15) is 11.3 Å². The monoisotopic (exact) mass is 273 g/mol. The maximum Gasteiger partial charge on any atom is 0.225 e. The standard InChI is InChI=1S/C13H12ClN5/c1-8-10-11(19-18-8)12(17-13(14)16-10)15-7-9-5-3-2-4-6-9/h2-6H,7H2,1H3,(H,18,19)(H,15,16,17). The van der Waals surface area contributed by atoms with E-state index in [0.717, 1.165) is 16.8 Å². The Hall–Kier alpha value is -2.14. The highest BCUT2D eigenvalue weighted by Gasteiger charge is 2.11. The van der Waals surface area contributed by atoms with Crippen molar-refractivity contribution in [3.63, 3.8) is 0 Å². The molecule has 0 spiro atoms. The fourth-order valence-corrected chi connectivity index (χ4v) is 2.06. The van der Waals surface area contributed by atoms with Crippen LogP contribution < -0.4 is 5.32 Å². The van der Waals surface area contributed by atoms with Gasteiger partial charge in [0.05, 0.1) is 5.69 Å². The van der Waals surface area contributed by atoms with E-state index in [1.165, 1.54) is 0 Å². The molecule has 0 aliphatic rings. The molecule has 2 aromatic heterocycles. The Kier molecular flexibility index (Phi) is 3.05. The average molecular weight is 274 g/mol. The highest BCUT2D eigenvalue weighted by molar-refractivity contribution is 6.28. The van der Waals surface area contributed by atoms with Crippen LogP contribution in [-0.2, 0) is 6.54 Å². The van der Waals surface area contributed by atoms with Gasteiger partial charge in [-0.3, -0.25) is 5.10 Å². The molecule has 0 atom stereocenters. The molecule has 3 rings (SSSR count). The van der Waals surface area contributed by atoms with E-state index >= 15 is 0 Å².